The topological polar surface area (TPSA) is 88.8 Å². The Labute approximate surface area is 149 Å². The molecule has 3 rings (SSSR count). The summed E-state index contributed by atoms with van der Waals surface area (Å²) < 4.78 is 16.4. The molecule has 0 spiro atoms. The van der Waals surface area contributed by atoms with Crippen molar-refractivity contribution >= 4 is 16.9 Å². The highest BCUT2D eigenvalue weighted by Gasteiger charge is 2.20. The van der Waals surface area contributed by atoms with E-state index in [1.165, 1.54) is 6.92 Å². The van der Waals surface area contributed by atoms with Gasteiger partial charge in [0.05, 0.1) is 18.5 Å². The van der Waals surface area contributed by atoms with Gasteiger partial charge in [-0.3, -0.25) is 4.79 Å². The number of carbonyl (C=O) groups excluding carboxylic acids is 1. The van der Waals surface area contributed by atoms with Gasteiger partial charge < -0.3 is 23.8 Å². The minimum atomic E-state index is -1.42. The van der Waals surface area contributed by atoms with Gasteiger partial charge in [0, 0.05) is 5.56 Å². The molecule has 6 nitrogen and oxygen atoms in total. The number of carbonyl (C=O) groups is 1. The van der Waals surface area contributed by atoms with Crippen molar-refractivity contribution in [2.45, 2.75) is 20.0 Å². The average Bonchev–Trinajstić information content (AvgIpc) is 2.63. The Morgan fingerprint density at radius 3 is 2.46 bits per heavy atom. The predicted octanol–water partition coefficient (Wildman–Crippen LogP) is 2.29. The van der Waals surface area contributed by atoms with Gasteiger partial charge in [0.2, 0.25) is 11.2 Å². The molecule has 1 atom stereocenters. The summed E-state index contributed by atoms with van der Waals surface area (Å²) in [6.45, 7) is 3.18. The standard InChI is InChI=1S/C20H18O6/c1-11-4-9-15-16(10-11)26-18(13-5-7-14(24-3)8-6-13)19(17(15)21)25-12(2)20(22)23/h4-10,12H,1-3H3,(H,22,23)/p-1. The van der Waals surface area contributed by atoms with Gasteiger partial charge in [0.15, 0.2) is 5.76 Å². The second kappa shape index (κ2) is 6.92. The molecule has 6 heteroatoms. The molecule has 0 bridgehead atoms. The fourth-order valence-electron chi connectivity index (χ4n) is 2.55. The number of ether oxygens (including phenoxy) is 2. The van der Waals surface area contributed by atoms with Gasteiger partial charge in [-0.1, -0.05) is 6.07 Å². The number of aryl methyl sites for hydroxylation is 1. The number of fused-ring (bicyclic) bond motifs is 1. The minimum Gasteiger partial charge on any atom is -0.546 e. The maximum atomic E-state index is 12.9. The number of rotatable bonds is 5. The molecule has 0 amide bonds. The molecule has 1 aromatic heterocycles. The molecule has 1 heterocycles. The minimum absolute atomic E-state index is 0.156. The maximum absolute atomic E-state index is 12.9. The normalized spacial score (nSPS) is 12.0. The second-order valence-corrected chi connectivity index (χ2v) is 5.90. The Bertz CT molecular complexity index is 1020. The van der Waals surface area contributed by atoms with Crippen LogP contribution in [-0.4, -0.2) is 19.2 Å². The van der Waals surface area contributed by atoms with E-state index in [1.54, 1.807) is 49.6 Å². The number of benzene rings is 2. The molecule has 0 N–H and O–H groups in total. The largest absolute Gasteiger partial charge is 0.546 e. The Morgan fingerprint density at radius 2 is 1.85 bits per heavy atom. The molecule has 0 aliphatic heterocycles. The van der Waals surface area contributed by atoms with Crippen LogP contribution in [0.25, 0.3) is 22.3 Å². The third-order valence-corrected chi connectivity index (χ3v) is 3.98. The number of carboxylic acid groups (broad SMARTS) is 1. The summed E-state index contributed by atoms with van der Waals surface area (Å²) in [6.07, 6.45) is -1.31. The number of hydrogen-bond donors (Lipinski definition) is 0. The van der Waals surface area contributed by atoms with Crippen molar-refractivity contribution in [2.24, 2.45) is 0 Å². The van der Waals surface area contributed by atoms with E-state index in [9.17, 15) is 14.7 Å². The van der Waals surface area contributed by atoms with Gasteiger partial charge in [-0.05, 0) is 55.8 Å². The summed E-state index contributed by atoms with van der Waals surface area (Å²) in [5.41, 5.74) is 1.45. The van der Waals surface area contributed by atoms with E-state index >= 15 is 0 Å². The zero-order valence-electron chi connectivity index (χ0n) is 14.6. The fourth-order valence-corrected chi connectivity index (χ4v) is 2.55. The molecule has 0 aliphatic carbocycles. The van der Waals surface area contributed by atoms with E-state index in [1.807, 2.05) is 6.92 Å². The lowest BCUT2D eigenvalue weighted by atomic mass is 10.1. The molecular weight excluding hydrogens is 336 g/mol. The Hall–Kier alpha value is -3.28. The van der Waals surface area contributed by atoms with Gasteiger partial charge in [0.25, 0.3) is 0 Å². The van der Waals surface area contributed by atoms with Crippen molar-refractivity contribution in [1.82, 2.24) is 0 Å². The van der Waals surface area contributed by atoms with E-state index in [0.717, 1.165) is 5.56 Å². The predicted molar refractivity (Wildman–Crippen MR) is 94.3 cm³/mol. The van der Waals surface area contributed by atoms with Crippen molar-refractivity contribution in [3.05, 3.63) is 58.3 Å². The van der Waals surface area contributed by atoms with Crippen LogP contribution in [0.4, 0.5) is 0 Å². The van der Waals surface area contributed by atoms with Crippen molar-refractivity contribution in [3.63, 3.8) is 0 Å². The molecule has 0 saturated heterocycles. The van der Waals surface area contributed by atoms with Gasteiger partial charge in [-0.2, -0.15) is 0 Å². The van der Waals surface area contributed by atoms with Gasteiger partial charge in [0.1, 0.15) is 17.4 Å². The number of carboxylic acids is 1. The van der Waals surface area contributed by atoms with E-state index in [2.05, 4.69) is 0 Å². The van der Waals surface area contributed by atoms with E-state index < -0.39 is 17.5 Å². The quantitative estimate of drug-likeness (QED) is 0.699. The molecular formula is C20H17O6-. The average molecular weight is 353 g/mol. The monoisotopic (exact) mass is 353 g/mol. The molecule has 3 aromatic rings. The van der Waals surface area contributed by atoms with Crippen molar-refractivity contribution in [1.29, 1.82) is 0 Å². The highest BCUT2D eigenvalue weighted by atomic mass is 16.5. The number of methoxy groups -OCH3 is 1. The smallest absolute Gasteiger partial charge is 0.235 e. The molecule has 134 valence electrons. The Kier molecular flexibility index (Phi) is 4.67. The summed E-state index contributed by atoms with van der Waals surface area (Å²) in [6, 6.07) is 12.0. The first-order valence-electron chi connectivity index (χ1n) is 8.00. The van der Waals surface area contributed by atoms with E-state index in [0.29, 0.717) is 22.3 Å². The molecule has 2 aromatic carbocycles. The van der Waals surface area contributed by atoms with Crippen LogP contribution in [0.2, 0.25) is 0 Å². The van der Waals surface area contributed by atoms with Gasteiger partial charge >= 0.3 is 0 Å². The number of aliphatic carboxylic acids is 1. The first-order chi connectivity index (χ1) is 12.4. The van der Waals surface area contributed by atoms with Crippen molar-refractivity contribution < 1.29 is 23.8 Å². The highest BCUT2D eigenvalue weighted by molar-refractivity contribution is 5.83. The van der Waals surface area contributed by atoms with Crippen LogP contribution in [0.5, 0.6) is 11.5 Å². The first-order valence-corrected chi connectivity index (χ1v) is 8.00. The molecule has 0 radical (unpaired) electrons. The molecule has 1 unspecified atom stereocenters. The highest BCUT2D eigenvalue weighted by Crippen LogP contribution is 2.32. The molecule has 26 heavy (non-hydrogen) atoms. The lowest BCUT2D eigenvalue weighted by Crippen LogP contribution is -2.38. The lowest BCUT2D eigenvalue weighted by Gasteiger charge is -2.17. The zero-order valence-corrected chi connectivity index (χ0v) is 14.6. The van der Waals surface area contributed by atoms with Crippen LogP contribution in [0.3, 0.4) is 0 Å². The molecule has 0 fully saturated rings. The third-order valence-electron chi connectivity index (χ3n) is 3.98. The maximum Gasteiger partial charge on any atom is 0.235 e. The van der Waals surface area contributed by atoms with E-state index in [-0.39, 0.29) is 11.5 Å². The van der Waals surface area contributed by atoms with Crippen molar-refractivity contribution in [2.75, 3.05) is 7.11 Å². The second-order valence-electron chi connectivity index (χ2n) is 5.90. The van der Waals surface area contributed by atoms with Crippen molar-refractivity contribution in [3.8, 4) is 22.8 Å². The van der Waals surface area contributed by atoms with Crippen LogP contribution in [0.15, 0.2) is 51.7 Å². The Balaban J connectivity index is 2.25. The van der Waals surface area contributed by atoms with Crippen LogP contribution >= 0.6 is 0 Å². The van der Waals surface area contributed by atoms with Crippen LogP contribution in [0, 0.1) is 6.92 Å². The summed E-state index contributed by atoms with van der Waals surface area (Å²) in [5, 5.41) is 11.4. The van der Waals surface area contributed by atoms with Crippen LogP contribution in [-0.2, 0) is 4.79 Å². The first kappa shape index (κ1) is 17.5. The van der Waals surface area contributed by atoms with Gasteiger partial charge in [-0.15, -0.1) is 0 Å². The molecule has 0 aliphatic rings. The molecule has 0 saturated carbocycles. The van der Waals surface area contributed by atoms with E-state index in [4.69, 9.17) is 13.9 Å². The van der Waals surface area contributed by atoms with Crippen LogP contribution < -0.4 is 20.0 Å². The summed E-state index contributed by atoms with van der Waals surface area (Å²) in [5.74, 6) is -0.792. The Morgan fingerprint density at radius 1 is 1.15 bits per heavy atom. The van der Waals surface area contributed by atoms with Crippen LogP contribution in [0.1, 0.15) is 12.5 Å². The summed E-state index contributed by atoms with van der Waals surface area (Å²) in [7, 11) is 1.55. The zero-order chi connectivity index (χ0) is 18.8. The lowest BCUT2D eigenvalue weighted by molar-refractivity contribution is -0.312. The third kappa shape index (κ3) is 3.26. The fraction of sp³-hybridized carbons (Fsp3) is 0.200. The number of hydrogen-bond acceptors (Lipinski definition) is 6. The summed E-state index contributed by atoms with van der Waals surface area (Å²) in [4.78, 5) is 24.0. The SMILES string of the molecule is COc1ccc(-c2oc3cc(C)ccc3c(=O)c2OC(C)C(=O)[O-])cc1. The van der Waals surface area contributed by atoms with Gasteiger partial charge in [-0.25, -0.2) is 0 Å². The summed E-state index contributed by atoms with van der Waals surface area (Å²) >= 11 is 0.